The van der Waals surface area contributed by atoms with E-state index in [1.807, 2.05) is 0 Å². The zero-order chi connectivity index (χ0) is 20.6. The summed E-state index contributed by atoms with van der Waals surface area (Å²) in [6.07, 6.45) is 3.41. The summed E-state index contributed by atoms with van der Waals surface area (Å²) in [6.45, 7) is 2.53. The molecular formula is C20H26N6O3. The number of carbonyl (C=O) groups is 2. The predicted octanol–water partition coefficient (Wildman–Crippen LogP) is 0.584. The van der Waals surface area contributed by atoms with Crippen molar-refractivity contribution in [3.63, 3.8) is 0 Å². The Morgan fingerprint density at radius 3 is 2.97 bits per heavy atom. The Labute approximate surface area is 169 Å². The van der Waals surface area contributed by atoms with Gasteiger partial charge in [0.25, 0.3) is 11.8 Å². The van der Waals surface area contributed by atoms with E-state index in [9.17, 15) is 9.59 Å². The standard InChI is InChI=1S/C20H26N6O3/c1-29-9-8-23-19(27)14-5-2-4-13(10-14)16-12-24-18(21)17(26-16)20(28)25-15-6-3-7-22-11-15/h2,4-5,10,12,15,22H,3,6-9,11H2,1H3,(H2,21,24)(H,23,27)(H,25,28). The summed E-state index contributed by atoms with van der Waals surface area (Å²) in [7, 11) is 1.57. The van der Waals surface area contributed by atoms with E-state index in [2.05, 4.69) is 25.9 Å². The van der Waals surface area contributed by atoms with Gasteiger partial charge < -0.3 is 26.4 Å². The molecule has 154 valence electrons. The summed E-state index contributed by atoms with van der Waals surface area (Å²) in [4.78, 5) is 33.4. The first kappa shape index (κ1) is 20.7. The molecule has 29 heavy (non-hydrogen) atoms. The highest BCUT2D eigenvalue weighted by Crippen LogP contribution is 2.20. The van der Waals surface area contributed by atoms with Crippen LogP contribution in [0.2, 0.25) is 0 Å². The maximum atomic E-state index is 12.6. The molecule has 1 aliphatic heterocycles. The number of amides is 2. The van der Waals surface area contributed by atoms with Gasteiger partial charge in [0.2, 0.25) is 0 Å². The lowest BCUT2D eigenvalue weighted by Gasteiger charge is -2.23. The fourth-order valence-corrected chi connectivity index (χ4v) is 3.12. The number of rotatable bonds is 7. The van der Waals surface area contributed by atoms with E-state index < -0.39 is 0 Å². The molecule has 1 saturated heterocycles. The molecule has 1 aromatic carbocycles. The molecule has 0 radical (unpaired) electrons. The number of benzene rings is 1. The van der Waals surface area contributed by atoms with Crippen LogP contribution in [0.1, 0.15) is 33.7 Å². The summed E-state index contributed by atoms with van der Waals surface area (Å²) in [5.41, 5.74) is 7.60. The van der Waals surface area contributed by atoms with Crippen LogP contribution in [0, 0.1) is 0 Å². The van der Waals surface area contributed by atoms with E-state index in [0.29, 0.717) is 30.0 Å². The van der Waals surface area contributed by atoms with Crippen LogP contribution in [-0.4, -0.2) is 61.2 Å². The van der Waals surface area contributed by atoms with E-state index in [0.717, 1.165) is 25.9 Å². The van der Waals surface area contributed by atoms with Crippen molar-refractivity contribution >= 4 is 17.6 Å². The van der Waals surface area contributed by atoms with E-state index in [1.165, 1.54) is 6.20 Å². The zero-order valence-corrected chi connectivity index (χ0v) is 16.4. The molecule has 5 N–H and O–H groups in total. The summed E-state index contributed by atoms with van der Waals surface area (Å²) in [6, 6.07) is 7.01. The molecule has 0 saturated carbocycles. The first-order valence-electron chi connectivity index (χ1n) is 9.60. The maximum Gasteiger partial charge on any atom is 0.274 e. The van der Waals surface area contributed by atoms with Gasteiger partial charge in [0.15, 0.2) is 11.5 Å². The van der Waals surface area contributed by atoms with Crippen molar-refractivity contribution in [1.82, 2.24) is 25.9 Å². The third-order valence-electron chi connectivity index (χ3n) is 4.66. The SMILES string of the molecule is COCCNC(=O)c1cccc(-c2cnc(N)c(C(=O)NC3CCCNC3)n2)c1. The average molecular weight is 398 g/mol. The fourth-order valence-electron chi connectivity index (χ4n) is 3.12. The van der Waals surface area contributed by atoms with Gasteiger partial charge >= 0.3 is 0 Å². The number of nitrogens with two attached hydrogens (primary N) is 1. The third kappa shape index (κ3) is 5.49. The number of nitrogens with zero attached hydrogens (tertiary/aromatic N) is 2. The van der Waals surface area contributed by atoms with E-state index >= 15 is 0 Å². The summed E-state index contributed by atoms with van der Waals surface area (Å²) in [5, 5.41) is 8.98. The highest BCUT2D eigenvalue weighted by atomic mass is 16.5. The molecule has 2 heterocycles. The second kappa shape index (κ2) is 9.94. The van der Waals surface area contributed by atoms with Crippen LogP contribution in [0.4, 0.5) is 5.82 Å². The van der Waals surface area contributed by atoms with Crippen LogP contribution in [0.25, 0.3) is 11.3 Å². The van der Waals surface area contributed by atoms with Gasteiger partial charge in [-0.3, -0.25) is 9.59 Å². The normalized spacial score (nSPS) is 16.2. The number of piperidine rings is 1. The van der Waals surface area contributed by atoms with Gasteiger partial charge in [0.05, 0.1) is 18.5 Å². The van der Waals surface area contributed by atoms with E-state index in [4.69, 9.17) is 10.5 Å². The predicted molar refractivity (Wildman–Crippen MR) is 109 cm³/mol. The van der Waals surface area contributed by atoms with Crippen molar-refractivity contribution in [2.75, 3.05) is 39.1 Å². The van der Waals surface area contributed by atoms with Gasteiger partial charge in [-0.2, -0.15) is 0 Å². The van der Waals surface area contributed by atoms with Crippen LogP contribution in [0.3, 0.4) is 0 Å². The molecule has 2 aromatic rings. The number of ether oxygens (including phenoxy) is 1. The highest BCUT2D eigenvalue weighted by molar-refractivity contribution is 5.97. The molecule has 0 bridgehead atoms. The van der Waals surface area contributed by atoms with Crippen molar-refractivity contribution in [2.24, 2.45) is 0 Å². The van der Waals surface area contributed by atoms with Crippen LogP contribution in [-0.2, 0) is 4.74 Å². The van der Waals surface area contributed by atoms with Gasteiger partial charge in [-0.1, -0.05) is 12.1 Å². The first-order valence-corrected chi connectivity index (χ1v) is 9.60. The van der Waals surface area contributed by atoms with Crippen molar-refractivity contribution in [3.05, 3.63) is 41.7 Å². The molecule has 0 spiro atoms. The molecule has 2 amide bonds. The average Bonchev–Trinajstić information content (AvgIpc) is 2.75. The molecule has 1 atom stereocenters. The second-order valence-electron chi connectivity index (χ2n) is 6.84. The van der Waals surface area contributed by atoms with Crippen LogP contribution in [0.5, 0.6) is 0 Å². The lowest BCUT2D eigenvalue weighted by atomic mass is 10.1. The topological polar surface area (TPSA) is 131 Å². The lowest BCUT2D eigenvalue weighted by Crippen LogP contribution is -2.46. The Kier molecular flexibility index (Phi) is 7.09. The molecule has 1 aromatic heterocycles. The Morgan fingerprint density at radius 1 is 1.34 bits per heavy atom. The van der Waals surface area contributed by atoms with Gasteiger partial charge in [-0.15, -0.1) is 0 Å². The van der Waals surface area contributed by atoms with E-state index in [1.54, 1.807) is 31.4 Å². The monoisotopic (exact) mass is 398 g/mol. The number of hydrogen-bond donors (Lipinski definition) is 4. The molecule has 1 unspecified atom stereocenters. The minimum atomic E-state index is -0.348. The fraction of sp³-hybridized carbons (Fsp3) is 0.400. The van der Waals surface area contributed by atoms with Crippen LogP contribution < -0.4 is 21.7 Å². The quantitative estimate of drug-likeness (QED) is 0.502. The summed E-state index contributed by atoms with van der Waals surface area (Å²) < 4.78 is 4.94. The number of carbonyl (C=O) groups excluding carboxylic acids is 2. The minimum Gasteiger partial charge on any atom is -0.383 e. The number of aromatic nitrogens is 2. The van der Waals surface area contributed by atoms with Gasteiger partial charge in [-0.05, 0) is 31.5 Å². The van der Waals surface area contributed by atoms with Crippen LogP contribution in [0.15, 0.2) is 30.5 Å². The molecule has 1 aliphatic rings. The lowest BCUT2D eigenvalue weighted by molar-refractivity contribution is 0.0922. The maximum absolute atomic E-state index is 12.6. The van der Waals surface area contributed by atoms with Crippen molar-refractivity contribution < 1.29 is 14.3 Å². The van der Waals surface area contributed by atoms with Gasteiger partial charge in [0.1, 0.15) is 0 Å². The summed E-state index contributed by atoms with van der Waals surface area (Å²) >= 11 is 0. The number of nitrogens with one attached hydrogen (secondary N) is 3. The molecular weight excluding hydrogens is 372 g/mol. The summed E-state index contributed by atoms with van der Waals surface area (Å²) in [5.74, 6) is -0.488. The molecule has 0 aliphatic carbocycles. The molecule has 1 fully saturated rings. The smallest absolute Gasteiger partial charge is 0.274 e. The Hall–Kier alpha value is -3.04. The van der Waals surface area contributed by atoms with Crippen molar-refractivity contribution in [2.45, 2.75) is 18.9 Å². The molecule has 9 nitrogen and oxygen atoms in total. The third-order valence-corrected chi connectivity index (χ3v) is 4.66. The van der Waals surface area contributed by atoms with Gasteiger partial charge in [-0.25, -0.2) is 9.97 Å². The minimum absolute atomic E-state index is 0.0419. The van der Waals surface area contributed by atoms with Crippen molar-refractivity contribution in [1.29, 1.82) is 0 Å². The second-order valence-corrected chi connectivity index (χ2v) is 6.84. The number of nitrogen functional groups attached to an aromatic ring is 1. The zero-order valence-electron chi connectivity index (χ0n) is 16.4. The van der Waals surface area contributed by atoms with Crippen molar-refractivity contribution in [3.8, 4) is 11.3 Å². The Bertz CT molecular complexity index is 867. The van der Waals surface area contributed by atoms with E-state index in [-0.39, 0.29) is 29.4 Å². The molecule has 3 rings (SSSR count). The highest BCUT2D eigenvalue weighted by Gasteiger charge is 2.20. The van der Waals surface area contributed by atoms with Crippen LogP contribution >= 0.6 is 0 Å². The Morgan fingerprint density at radius 2 is 2.21 bits per heavy atom. The molecule has 9 heteroatoms. The largest absolute Gasteiger partial charge is 0.383 e. The number of hydrogen-bond acceptors (Lipinski definition) is 7. The first-order chi connectivity index (χ1) is 14.1. The Balaban J connectivity index is 1.77. The number of anilines is 1. The van der Waals surface area contributed by atoms with Gasteiger partial charge in [0, 0.05) is 37.4 Å². The number of methoxy groups -OCH3 is 1.